The number of morpholine rings is 1. The third kappa shape index (κ3) is 3.14. The molecule has 0 amide bonds. The second kappa shape index (κ2) is 6.46. The molecule has 2 atom stereocenters. The predicted molar refractivity (Wildman–Crippen MR) is 74.8 cm³/mol. The monoisotopic (exact) mass is 266 g/mol. The topological polar surface area (TPSA) is 24.5 Å². The van der Waals surface area contributed by atoms with Gasteiger partial charge in [-0.3, -0.25) is 4.90 Å². The maximum absolute atomic E-state index is 13.4. The molecule has 0 saturated carbocycles. The van der Waals surface area contributed by atoms with Crippen LogP contribution in [0, 0.1) is 12.7 Å². The van der Waals surface area contributed by atoms with Crippen molar-refractivity contribution < 1.29 is 9.13 Å². The average Bonchev–Trinajstić information content (AvgIpc) is 2.42. The van der Waals surface area contributed by atoms with Crippen LogP contribution >= 0.6 is 0 Å². The number of rotatable bonds is 4. The smallest absolute Gasteiger partial charge is 0.126 e. The zero-order valence-corrected chi connectivity index (χ0v) is 11.9. The Morgan fingerprint density at radius 3 is 2.89 bits per heavy atom. The number of likely N-dealkylation sites (N-methyl/N-ethyl adjacent to an activating group) is 2. The van der Waals surface area contributed by atoms with E-state index in [1.165, 1.54) is 0 Å². The molecule has 4 heteroatoms. The highest BCUT2D eigenvalue weighted by molar-refractivity contribution is 5.28. The Balaban J connectivity index is 2.30. The Morgan fingerprint density at radius 1 is 1.47 bits per heavy atom. The lowest BCUT2D eigenvalue weighted by Crippen LogP contribution is -2.48. The van der Waals surface area contributed by atoms with Crippen molar-refractivity contribution in [2.45, 2.75) is 26.0 Å². The van der Waals surface area contributed by atoms with E-state index in [2.05, 4.69) is 17.1 Å². The fourth-order valence-electron chi connectivity index (χ4n) is 2.79. The minimum absolute atomic E-state index is 0.114. The van der Waals surface area contributed by atoms with Gasteiger partial charge in [0.05, 0.1) is 18.8 Å². The van der Waals surface area contributed by atoms with E-state index in [4.69, 9.17) is 4.74 Å². The predicted octanol–water partition coefficient (Wildman–Crippen LogP) is 2.12. The fourth-order valence-corrected chi connectivity index (χ4v) is 2.79. The summed E-state index contributed by atoms with van der Waals surface area (Å²) in [5.41, 5.74) is 1.84. The molecule has 1 aliphatic heterocycles. The fraction of sp³-hybridized carbons (Fsp3) is 0.600. The van der Waals surface area contributed by atoms with Crippen molar-refractivity contribution in [2.24, 2.45) is 0 Å². The van der Waals surface area contributed by atoms with Crippen LogP contribution in [0.25, 0.3) is 0 Å². The number of aryl methyl sites for hydroxylation is 1. The summed E-state index contributed by atoms with van der Waals surface area (Å²) < 4.78 is 19.3. The van der Waals surface area contributed by atoms with Crippen LogP contribution in [0.3, 0.4) is 0 Å². The molecule has 1 aliphatic rings. The Labute approximate surface area is 114 Å². The van der Waals surface area contributed by atoms with Gasteiger partial charge >= 0.3 is 0 Å². The van der Waals surface area contributed by atoms with Gasteiger partial charge in [0, 0.05) is 13.1 Å². The lowest BCUT2D eigenvalue weighted by atomic mass is 9.96. The number of benzene rings is 1. The van der Waals surface area contributed by atoms with Crippen molar-refractivity contribution in [3.63, 3.8) is 0 Å². The van der Waals surface area contributed by atoms with Crippen molar-refractivity contribution in [2.75, 3.05) is 33.3 Å². The number of hydrogen-bond acceptors (Lipinski definition) is 3. The van der Waals surface area contributed by atoms with Gasteiger partial charge in [0.2, 0.25) is 0 Å². The summed E-state index contributed by atoms with van der Waals surface area (Å²) in [6, 6.07) is 5.58. The molecule has 1 heterocycles. The first-order valence-electron chi connectivity index (χ1n) is 6.93. The van der Waals surface area contributed by atoms with E-state index in [0.717, 1.165) is 31.8 Å². The van der Waals surface area contributed by atoms with Crippen molar-refractivity contribution in [3.05, 3.63) is 35.1 Å². The molecule has 19 heavy (non-hydrogen) atoms. The van der Waals surface area contributed by atoms with Gasteiger partial charge in [0.25, 0.3) is 0 Å². The van der Waals surface area contributed by atoms with Gasteiger partial charge in [-0.05, 0) is 37.7 Å². The van der Waals surface area contributed by atoms with Crippen LogP contribution < -0.4 is 5.32 Å². The Kier molecular flexibility index (Phi) is 4.91. The molecule has 0 spiro atoms. The zero-order valence-electron chi connectivity index (χ0n) is 11.9. The molecular weight excluding hydrogens is 243 g/mol. The van der Waals surface area contributed by atoms with Crippen LogP contribution in [0.1, 0.15) is 24.1 Å². The van der Waals surface area contributed by atoms with E-state index in [1.807, 2.05) is 26.1 Å². The third-order valence-corrected chi connectivity index (χ3v) is 3.79. The van der Waals surface area contributed by atoms with Gasteiger partial charge in [-0.1, -0.05) is 19.1 Å². The summed E-state index contributed by atoms with van der Waals surface area (Å²) in [4.78, 5) is 2.40. The molecule has 1 aromatic rings. The van der Waals surface area contributed by atoms with Crippen LogP contribution in [-0.2, 0) is 4.74 Å². The van der Waals surface area contributed by atoms with Crippen LogP contribution in [0.5, 0.6) is 0 Å². The summed E-state index contributed by atoms with van der Waals surface area (Å²) in [5, 5.41) is 3.18. The van der Waals surface area contributed by atoms with E-state index in [9.17, 15) is 4.39 Å². The normalized spacial score (nSPS) is 24.6. The van der Waals surface area contributed by atoms with Crippen LogP contribution in [0.4, 0.5) is 4.39 Å². The highest BCUT2D eigenvalue weighted by Gasteiger charge is 2.32. The third-order valence-electron chi connectivity index (χ3n) is 3.79. The molecule has 0 aliphatic carbocycles. The Morgan fingerprint density at radius 2 is 2.26 bits per heavy atom. The number of halogens is 1. The number of nitrogens with zero attached hydrogens (tertiary/aromatic N) is 1. The summed E-state index contributed by atoms with van der Waals surface area (Å²) in [5.74, 6) is -0.145. The molecule has 1 saturated heterocycles. The first kappa shape index (κ1) is 14.4. The van der Waals surface area contributed by atoms with Crippen molar-refractivity contribution in [1.82, 2.24) is 10.2 Å². The highest BCUT2D eigenvalue weighted by Crippen LogP contribution is 2.30. The molecule has 1 fully saturated rings. The molecule has 106 valence electrons. The van der Waals surface area contributed by atoms with Gasteiger partial charge in [-0.25, -0.2) is 4.39 Å². The lowest BCUT2D eigenvalue weighted by Gasteiger charge is -2.41. The van der Waals surface area contributed by atoms with E-state index < -0.39 is 0 Å². The molecule has 0 bridgehead atoms. The summed E-state index contributed by atoms with van der Waals surface area (Å²) in [6.07, 6.45) is 0.114. The van der Waals surface area contributed by atoms with Crippen LogP contribution in [-0.4, -0.2) is 44.3 Å². The Bertz CT molecular complexity index is 423. The Hall–Kier alpha value is -0.970. The van der Waals surface area contributed by atoms with Crippen molar-refractivity contribution >= 4 is 0 Å². The van der Waals surface area contributed by atoms with Crippen molar-refractivity contribution in [1.29, 1.82) is 0 Å². The van der Waals surface area contributed by atoms with Gasteiger partial charge in [0.15, 0.2) is 0 Å². The van der Waals surface area contributed by atoms with Gasteiger partial charge < -0.3 is 10.1 Å². The summed E-state index contributed by atoms with van der Waals surface area (Å²) in [7, 11) is 1.93. The molecular formula is C15H23FN2O. The first-order valence-corrected chi connectivity index (χ1v) is 6.93. The SMILES string of the molecule is CCN1CCOC(CNC)C1c1ccc(F)c(C)c1. The second-order valence-electron chi connectivity index (χ2n) is 5.05. The molecule has 0 radical (unpaired) electrons. The summed E-state index contributed by atoms with van der Waals surface area (Å²) >= 11 is 0. The van der Waals surface area contributed by atoms with E-state index in [1.54, 1.807) is 6.07 Å². The lowest BCUT2D eigenvalue weighted by molar-refractivity contribution is -0.0687. The van der Waals surface area contributed by atoms with E-state index in [-0.39, 0.29) is 18.0 Å². The van der Waals surface area contributed by atoms with E-state index in [0.29, 0.717) is 5.56 Å². The largest absolute Gasteiger partial charge is 0.374 e. The molecule has 1 aromatic carbocycles. The quantitative estimate of drug-likeness (QED) is 0.903. The first-order chi connectivity index (χ1) is 9.17. The number of nitrogens with one attached hydrogen (secondary N) is 1. The van der Waals surface area contributed by atoms with Crippen LogP contribution in [0.2, 0.25) is 0 Å². The maximum atomic E-state index is 13.4. The maximum Gasteiger partial charge on any atom is 0.126 e. The molecule has 3 nitrogen and oxygen atoms in total. The molecule has 0 aromatic heterocycles. The average molecular weight is 266 g/mol. The van der Waals surface area contributed by atoms with Gasteiger partial charge in [-0.15, -0.1) is 0 Å². The standard InChI is InChI=1S/C15H23FN2O/c1-4-18-7-8-19-14(10-17-3)15(18)12-5-6-13(16)11(2)9-12/h5-6,9,14-15,17H,4,7-8,10H2,1-3H3. The minimum atomic E-state index is -0.145. The number of ether oxygens (including phenoxy) is 1. The minimum Gasteiger partial charge on any atom is -0.374 e. The number of hydrogen-bond donors (Lipinski definition) is 1. The summed E-state index contributed by atoms with van der Waals surface area (Å²) in [6.45, 7) is 7.44. The highest BCUT2D eigenvalue weighted by atomic mass is 19.1. The zero-order chi connectivity index (χ0) is 13.8. The molecule has 2 unspecified atom stereocenters. The van der Waals surface area contributed by atoms with Gasteiger partial charge in [0.1, 0.15) is 5.82 Å². The van der Waals surface area contributed by atoms with E-state index >= 15 is 0 Å². The molecule has 2 rings (SSSR count). The molecule has 1 N–H and O–H groups in total. The second-order valence-corrected chi connectivity index (χ2v) is 5.05. The van der Waals surface area contributed by atoms with Crippen LogP contribution in [0.15, 0.2) is 18.2 Å². The van der Waals surface area contributed by atoms with Crippen molar-refractivity contribution in [3.8, 4) is 0 Å². The van der Waals surface area contributed by atoms with Gasteiger partial charge in [-0.2, -0.15) is 0 Å².